The van der Waals surface area contributed by atoms with E-state index in [0.29, 0.717) is 12.1 Å². The Bertz CT molecular complexity index is 1770. The second-order valence-electron chi connectivity index (χ2n) is 10.9. The highest BCUT2D eigenvalue weighted by atomic mass is 32.2. The van der Waals surface area contributed by atoms with Crippen LogP contribution in [-0.4, -0.2) is 85.5 Å². The van der Waals surface area contributed by atoms with Gasteiger partial charge in [0.25, 0.3) is 10.1 Å². The summed E-state index contributed by atoms with van der Waals surface area (Å²) in [4.78, 5) is -2.75. The highest BCUT2D eigenvalue weighted by Crippen LogP contribution is 2.55. The minimum Gasteiger partial charge on any atom is -0.282 e. The molecule has 0 bridgehead atoms. The van der Waals surface area contributed by atoms with Gasteiger partial charge in [0.1, 0.15) is 4.90 Å². The lowest BCUT2D eigenvalue weighted by atomic mass is 9.82. The predicted octanol–water partition coefficient (Wildman–Crippen LogP) is 10.2. The molecule has 2 aromatic carbocycles. The lowest BCUT2D eigenvalue weighted by molar-refractivity contribution is -0.339. The molecule has 0 saturated carbocycles. The molecular formula is C25H14F24O3S. The fourth-order valence-corrected chi connectivity index (χ4v) is 5.59. The fraction of sp³-hybridized carbons (Fsp3) is 0.600. The standard InChI is InChI=1S/C25H14F24O3S/c26-14(27)20(38,39)23(44,45)17(32,33)5-10-8-3-1-2-4-9(8)13(53(50,51)52)12(7-19(36,37)25(48,49)22(42,43)16(30)31)11(10)6-18(34,35)24(46,47)21(40,41)15(28)29/h1-4,14-16H,5-7H2,(H,50,51,52). The maximum absolute atomic E-state index is 15.0. The van der Waals surface area contributed by atoms with Gasteiger partial charge in [0.15, 0.2) is 0 Å². The van der Waals surface area contributed by atoms with Crippen LogP contribution in [0, 0.1) is 0 Å². The Balaban J connectivity index is 3.38. The van der Waals surface area contributed by atoms with E-state index in [4.69, 9.17) is 0 Å². The molecule has 53 heavy (non-hydrogen) atoms. The second-order valence-corrected chi connectivity index (χ2v) is 12.3. The maximum Gasteiger partial charge on any atom is 0.378 e. The van der Waals surface area contributed by atoms with Crippen molar-refractivity contribution in [2.24, 2.45) is 0 Å². The zero-order valence-corrected chi connectivity index (χ0v) is 25.2. The third-order valence-electron chi connectivity index (χ3n) is 7.41. The molecule has 28 heteroatoms. The van der Waals surface area contributed by atoms with E-state index in [9.17, 15) is 118 Å². The molecule has 1 N–H and O–H groups in total. The van der Waals surface area contributed by atoms with Crippen molar-refractivity contribution in [1.29, 1.82) is 0 Å². The summed E-state index contributed by atoms with van der Waals surface area (Å²) in [6.07, 6.45) is -29.2. The van der Waals surface area contributed by atoms with Crippen molar-refractivity contribution >= 4 is 20.9 Å². The lowest BCUT2D eigenvalue weighted by Crippen LogP contribution is -2.59. The van der Waals surface area contributed by atoms with E-state index in [1.54, 1.807) is 0 Å². The third kappa shape index (κ3) is 7.37. The molecule has 0 radical (unpaired) electrons. The van der Waals surface area contributed by atoms with Gasteiger partial charge >= 0.3 is 72.6 Å². The van der Waals surface area contributed by atoms with Gasteiger partial charge in [0.2, 0.25) is 0 Å². The van der Waals surface area contributed by atoms with E-state index in [1.165, 1.54) is 0 Å². The van der Waals surface area contributed by atoms with Crippen molar-refractivity contribution in [2.45, 2.75) is 96.7 Å². The molecular weight excluding hydrogens is 836 g/mol. The molecule has 0 aliphatic carbocycles. The van der Waals surface area contributed by atoms with Gasteiger partial charge in [-0.3, -0.25) is 4.55 Å². The number of fused-ring (bicyclic) bond motifs is 1. The van der Waals surface area contributed by atoms with Crippen LogP contribution in [0.3, 0.4) is 0 Å². The van der Waals surface area contributed by atoms with Crippen molar-refractivity contribution in [3.63, 3.8) is 0 Å². The molecule has 0 amide bonds. The van der Waals surface area contributed by atoms with E-state index in [0.717, 1.165) is 0 Å². The summed E-state index contributed by atoms with van der Waals surface area (Å²) in [6, 6.07) is 0.608. The number of alkyl halides is 24. The van der Waals surface area contributed by atoms with Crippen molar-refractivity contribution in [2.75, 3.05) is 0 Å². The van der Waals surface area contributed by atoms with E-state index >= 15 is 0 Å². The van der Waals surface area contributed by atoms with E-state index in [2.05, 4.69) is 0 Å². The molecule has 306 valence electrons. The molecule has 2 aromatic rings. The van der Waals surface area contributed by atoms with Crippen LogP contribution in [0.2, 0.25) is 0 Å². The zero-order chi connectivity index (χ0) is 42.1. The van der Waals surface area contributed by atoms with Crippen molar-refractivity contribution in [1.82, 2.24) is 0 Å². The Kier molecular flexibility index (Phi) is 11.8. The van der Waals surface area contributed by atoms with Crippen LogP contribution in [0.15, 0.2) is 29.2 Å². The second kappa shape index (κ2) is 13.6. The molecule has 0 fully saturated rings. The van der Waals surface area contributed by atoms with Crippen LogP contribution in [0.5, 0.6) is 0 Å². The van der Waals surface area contributed by atoms with Gasteiger partial charge < -0.3 is 0 Å². The predicted molar refractivity (Wildman–Crippen MR) is 127 cm³/mol. The summed E-state index contributed by atoms with van der Waals surface area (Å²) in [6.45, 7) is 0. The number of halogens is 24. The average Bonchev–Trinajstić information content (AvgIpc) is 2.96. The van der Waals surface area contributed by atoms with Crippen LogP contribution in [-0.2, 0) is 29.4 Å². The summed E-state index contributed by atoms with van der Waals surface area (Å²) in [5, 5.41) is -3.81. The largest absolute Gasteiger partial charge is 0.378 e. The van der Waals surface area contributed by atoms with Crippen LogP contribution in [0.4, 0.5) is 105 Å². The molecule has 0 saturated heterocycles. The first-order valence-corrected chi connectivity index (χ1v) is 14.4. The minimum absolute atomic E-state index is 0.0268. The minimum atomic E-state index is -7.66. The summed E-state index contributed by atoms with van der Waals surface area (Å²) in [5.41, 5.74) is -9.07. The van der Waals surface area contributed by atoms with Gasteiger partial charge in [-0.1, -0.05) is 24.3 Å². The molecule has 0 heterocycles. The highest BCUT2D eigenvalue weighted by Gasteiger charge is 2.78. The number of rotatable bonds is 16. The first-order valence-electron chi connectivity index (χ1n) is 13.0. The maximum atomic E-state index is 15.0. The molecule has 0 spiro atoms. The normalized spacial score (nSPS) is 15.4. The first kappa shape index (κ1) is 46.1. The van der Waals surface area contributed by atoms with E-state index in [-0.39, 0.29) is 12.1 Å². The molecule has 0 aliphatic rings. The first-order chi connectivity index (χ1) is 23.2. The summed E-state index contributed by atoms with van der Waals surface area (Å²) >= 11 is 0. The molecule has 2 rings (SSSR count). The van der Waals surface area contributed by atoms with Crippen LogP contribution >= 0.6 is 0 Å². The summed E-state index contributed by atoms with van der Waals surface area (Å²) in [5.74, 6) is -65.9. The Morgan fingerprint density at radius 3 is 1.00 bits per heavy atom. The van der Waals surface area contributed by atoms with Crippen LogP contribution < -0.4 is 0 Å². The van der Waals surface area contributed by atoms with Gasteiger partial charge in [0.05, 0.1) is 0 Å². The quantitative estimate of drug-likeness (QED) is 0.135. The average molecular weight is 850 g/mol. The van der Waals surface area contributed by atoms with Crippen molar-refractivity contribution < 1.29 is 118 Å². The van der Waals surface area contributed by atoms with Gasteiger partial charge in [-0.2, -0.15) is 87.4 Å². The lowest BCUT2D eigenvalue weighted by Gasteiger charge is -2.36. The van der Waals surface area contributed by atoms with E-state index < -0.39 is 134 Å². The van der Waals surface area contributed by atoms with Gasteiger partial charge in [-0.05, 0) is 22.1 Å². The van der Waals surface area contributed by atoms with Gasteiger partial charge in [-0.15, -0.1) is 0 Å². The zero-order valence-electron chi connectivity index (χ0n) is 24.4. The van der Waals surface area contributed by atoms with Crippen molar-refractivity contribution in [3.05, 3.63) is 41.0 Å². The number of hydrogen-bond donors (Lipinski definition) is 1. The van der Waals surface area contributed by atoms with Gasteiger partial charge in [0, 0.05) is 24.6 Å². The highest BCUT2D eigenvalue weighted by molar-refractivity contribution is 7.86. The van der Waals surface area contributed by atoms with Gasteiger partial charge in [-0.25, -0.2) is 26.3 Å². The molecule has 0 aliphatic heterocycles. The van der Waals surface area contributed by atoms with Crippen LogP contribution in [0.25, 0.3) is 10.8 Å². The van der Waals surface area contributed by atoms with Crippen LogP contribution in [0.1, 0.15) is 16.7 Å². The third-order valence-corrected chi connectivity index (χ3v) is 8.39. The van der Waals surface area contributed by atoms with Crippen molar-refractivity contribution in [3.8, 4) is 0 Å². The topological polar surface area (TPSA) is 54.4 Å². The number of hydrogen-bond acceptors (Lipinski definition) is 2. The molecule has 0 atom stereocenters. The van der Waals surface area contributed by atoms with E-state index in [1.807, 2.05) is 0 Å². The Morgan fingerprint density at radius 1 is 0.453 bits per heavy atom. The summed E-state index contributed by atoms with van der Waals surface area (Å²) < 4.78 is 368. The smallest absolute Gasteiger partial charge is 0.282 e. The Morgan fingerprint density at radius 2 is 0.717 bits per heavy atom. The molecule has 3 nitrogen and oxygen atoms in total. The Labute approximate surface area is 277 Å². The SMILES string of the molecule is O=S(=O)(O)c1c(CC(F)(F)C(F)(F)C(F)(F)C(F)F)c(CC(F)(F)C(F)(F)C(F)(F)C(F)F)c(CC(F)(F)C(F)(F)C(F)(F)C(F)F)c2ccccc12. The summed E-state index contributed by atoms with van der Waals surface area (Å²) in [7, 11) is -6.78. The molecule has 0 aromatic heterocycles. The fourth-order valence-electron chi connectivity index (χ4n) is 4.63. The Hall–Kier alpha value is -3.07. The monoisotopic (exact) mass is 850 g/mol. The molecule has 0 unspecified atom stereocenters. The number of benzene rings is 2.